The Kier molecular flexibility index (Phi) is 4.45. The van der Waals surface area contributed by atoms with Crippen molar-refractivity contribution in [3.63, 3.8) is 0 Å². The van der Waals surface area contributed by atoms with Crippen LogP contribution in [0.25, 0.3) is 0 Å². The maximum Gasteiger partial charge on any atom is 0.269 e. The maximum atomic E-state index is 10.5. The first kappa shape index (κ1) is 13.5. The summed E-state index contributed by atoms with van der Waals surface area (Å²) in [7, 11) is 0. The van der Waals surface area contributed by atoms with Crippen molar-refractivity contribution in [1.82, 2.24) is 0 Å². The molecule has 0 saturated carbocycles. The Morgan fingerprint density at radius 3 is 2.32 bits per heavy atom. The highest BCUT2D eigenvalue weighted by molar-refractivity contribution is 14.1. The summed E-state index contributed by atoms with van der Waals surface area (Å²) < 4.78 is 1.16. The molecule has 1 N–H and O–H groups in total. The monoisotopic (exact) mass is 367 g/mol. The lowest BCUT2D eigenvalue weighted by atomic mass is 10.2. The SMILES string of the molecule is O=[N+]([O-])c1ccc(NN=Cc2ccc(I)cc2)cc1. The fourth-order valence-electron chi connectivity index (χ4n) is 1.39. The summed E-state index contributed by atoms with van der Waals surface area (Å²) >= 11 is 2.24. The molecule has 5 nitrogen and oxygen atoms in total. The van der Waals surface area contributed by atoms with Crippen molar-refractivity contribution >= 4 is 40.2 Å². The van der Waals surface area contributed by atoms with E-state index in [1.807, 2.05) is 24.3 Å². The van der Waals surface area contributed by atoms with Crippen molar-refractivity contribution < 1.29 is 4.92 Å². The number of nitrogens with zero attached hydrogens (tertiary/aromatic N) is 2. The molecular weight excluding hydrogens is 357 g/mol. The number of nitrogens with one attached hydrogen (secondary N) is 1. The van der Waals surface area contributed by atoms with Crippen LogP contribution in [-0.4, -0.2) is 11.1 Å². The normalized spacial score (nSPS) is 10.6. The first-order valence-electron chi connectivity index (χ1n) is 5.44. The largest absolute Gasteiger partial charge is 0.278 e. The van der Waals surface area contributed by atoms with Gasteiger partial charge in [-0.15, -0.1) is 0 Å². The van der Waals surface area contributed by atoms with Gasteiger partial charge in [-0.3, -0.25) is 15.5 Å². The van der Waals surface area contributed by atoms with E-state index in [2.05, 4.69) is 33.1 Å². The minimum Gasteiger partial charge on any atom is -0.278 e. The molecule has 0 aromatic heterocycles. The van der Waals surface area contributed by atoms with Crippen LogP contribution in [0.5, 0.6) is 0 Å². The third kappa shape index (κ3) is 4.02. The number of non-ortho nitro benzene ring substituents is 1. The number of hydrazone groups is 1. The van der Waals surface area contributed by atoms with Crippen LogP contribution in [0.15, 0.2) is 53.6 Å². The van der Waals surface area contributed by atoms with Gasteiger partial charge in [0, 0.05) is 15.7 Å². The molecule has 0 aliphatic rings. The van der Waals surface area contributed by atoms with E-state index in [-0.39, 0.29) is 5.69 Å². The molecule has 2 aromatic carbocycles. The molecule has 2 aromatic rings. The smallest absolute Gasteiger partial charge is 0.269 e. The molecule has 0 amide bonds. The first-order valence-corrected chi connectivity index (χ1v) is 6.52. The molecule has 0 radical (unpaired) electrons. The van der Waals surface area contributed by atoms with Crippen molar-refractivity contribution in [2.75, 3.05) is 5.43 Å². The highest BCUT2D eigenvalue weighted by Crippen LogP contribution is 2.15. The zero-order valence-corrected chi connectivity index (χ0v) is 11.9. The summed E-state index contributed by atoms with van der Waals surface area (Å²) in [6, 6.07) is 14.0. The van der Waals surface area contributed by atoms with E-state index in [0.29, 0.717) is 5.69 Å². The first-order chi connectivity index (χ1) is 9.15. The summed E-state index contributed by atoms with van der Waals surface area (Å²) in [6.45, 7) is 0. The van der Waals surface area contributed by atoms with E-state index < -0.39 is 4.92 Å². The number of hydrogen-bond donors (Lipinski definition) is 1. The highest BCUT2D eigenvalue weighted by atomic mass is 127. The lowest BCUT2D eigenvalue weighted by molar-refractivity contribution is -0.384. The van der Waals surface area contributed by atoms with Gasteiger partial charge in [-0.05, 0) is 52.4 Å². The van der Waals surface area contributed by atoms with Crippen molar-refractivity contribution in [1.29, 1.82) is 0 Å². The van der Waals surface area contributed by atoms with Crippen LogP contribution in [0.2, 0.25) is 0 Å². The number of nitro groups is 1. The maximum absolute atomic E-state index is 10.5. The van der Waals surface area contributed by atoms with Crippen LogP contribution in [0.4, 0.5) is 11.4 Å². The van der Waals surface area contributed by atoms with Crippen LogP contribution in [0, 0.1) is 13.7 Å². The van der Waals surface area contributed by atoms with Gasteiger partial charge < -0.3 is 0 Å². The molecule has 0 spiro atoms. The molecule has 0 heterocycles. The fraction of sp³-hybridized carbons (Fsp3) is 0. The average molecular weight is 367 g/mol. The van der Waals surface area contributed by atoms with Gasteiger partial charge in [0.2, 0.25) is 0 Å². The Morgan fingerprint density at radius 1 is 1.11 bits per heavy atom. The van der Waals surface area contributed by atoms with E-state index in [0.717, 1.165) is 9.13 Å². The zero-order valence-electron chi connectivity index (χ0n) is 9.79. The Balaban J connectivity index is 1.98. The standard InChI is InChI=1S/C13H10IN3O2/c14-11-3-1-10(2-4-11)9-15-16-12-5-7-13(8-6-12)17(18)19/h1-9,16H. The van der Waals surface area contributed by atoms with Gasteiger partial charge in [0.15, 0.2) is 0 Å². The molecule has 6 heteroatoms. The minimum atomic E-state index is -0.432. The van der Waals surface area contributed by atoms with Gasteiger partial charge >= 0.3 is 0 Å². The van der Waals surface area contributed by atoms with Crippen molar-refractivity contribution in [3.05, 3.63) is 67.8 Å². The second-order valence-electron chi connectivity index (χ2n) is 3.73. The lowest BCUT2D eigenvalue weighted by Crippen LogP contribution is -1.92. The molecule has 96 valence electrons. The van der Waals surface area contributed by atoms with Gasteiger partial charge in [0.25, 0.3) is 5.69 Å². The van der Waals surface area contributed by atoms with Crippen molar-refractivity contribution in [2.45, 2.75) is 0 Å². The quantitative estimate of drug-likeness (QED) is 0.388. The third-order valence-electron chi connectivity index (χ3n) is 2.36. The van der Waals surface area contributed by atoms with Gasteiger partial charge in [-0.2, -0.15) is 5.10 Å². The highest BCUT2D eigenvalue weighted by Gasteiger charge is 2.02. The fourth-order valence-corrected chi connectivity index (χ4v) is 1.75. The van der Waals surface area contributed by atoms with E-state index in [1.54, 1.807) is 18.3 Å². The van der Waals surface area contributed by atoms with Crippen LogP contribution < -0.4 is 5.43 Å². The molecule has 0 fully saturated rings. The van der Waals surface area contributed by atoms with Crippen LogP contribution in [0.1, 0.15) is 5.56 Å². The molecular formula is C13H10IN3O2. The molecule has 0 aliphatic heterocycles. The van der Waals surface area contributed by atoms with Gasteiger partial charge in [0.05, 0.1) is 16.8 Å². The number of hydrogen-bond acceptors (Lipinski definition) is 4. The predicted molar refractivity (Wildman–Crippen MR) is 83.5 cm³/mol. The minimum absolute atomic E-state index is 0.0622. The Hall–Kier alpha value is -1.96. The Bertz CT molecular complexity index is 594. The van der Waals surface area contributed by atoms with Crippen LogP contribution in [-0.2, 0) is 0 Å². The second kappa shape index (κ2) is 6.28. The third-order valence-corrected chi connectivity index (χ3v) is 3.07. The van der Waals surface area contributed by atoms with Crippen molar-refractivity contribution in [2.24, 2.45) is 5.10 Å². The molecule has 2 rings (SSSR count). The summed E-state index contributed by atoms with van der Waals surface area (Å²) in [5.74, 6) is 0. The van der Waals surface area contributed by atoms with Gasteiger partial charge in [-0.25, -0.2) is 0 Å². The van der Waals surface area contributed by atoms with E-state index >= 15 is 0 Å². The molecule has 19 heavy (non-hydrogen) atoms. The number of nitro benzene ring substituents is 1. The van der Waals surface area contributed by atoms with Crippen LogP contribution >= 0.6 is 22.6 Å². The second-order valence-corrected chi connectivity index (χ2v) is 4.97. The van der Waals surface area contributed by atoms with Gasteiger partial charge in [0.1, 0.15) is 0 Å². The molecule has 0 bridgehead atoms. The lowest BCUT2D eigenvalue weighted by Gasteiger charge is -1.99. The topological polar surface area (TPSA) is 67.5 Å². The number of halogens is 1. The summed E-state index contributed by atoms with van der Waals surface area (Å²) in [5, 5.41) is 14.6. The Morgan fingerprint density at radius 2 is 1.74 bits per heavy atom. The number of benzene rings is 2. The van der Waals surface area contributed by atoms with Gasteiger partial charge in [-0.1, -0.05) is 12.1 Å². The van der Waals surface area contributed by atoms with E-state index in [1.165, 1.54) is 12.1 Å². The average Bonchev–Trinajstić information content (AvgIpc) is 2.41. The zero-order chi connectivity index (χ0) is 13.7. The van der Waals surface area contributed by atoms with E-state index in [4.69, 9.17) is 0 Å². The molecule has 0 unspecified atom stereocenters. The van der Waals surface area contributed by atoms with Crippen LogP contribution in [0.3, 0.4) is 0 Å². The molecule has 0 aliphatic carbocycles. The number of rotatable bonds is 4. The van der Waals surface area contributed by atoms with Crippen molar-refractivity contribution in [3.8, 4) is 0 Å². The molecule has 0 atom stereocenters. The predicted octanol–water partition coefficient (Wildman–Crippen LogP) is 3.65. The Labute approximate surface area is 123 Å². The summed E-state index contributed by atoms with van der Waals surface area (Å²) in [6.07, 6.45) is 1.69. The van der Waals surface area contributed by atoms with E-state index in [9.17, 15) is 10.1 Å². The molecule has 0 saturated heterocycles. The summed E-state index contributed by atoms with van der Waals surface area (Å²) in [5.41, 5.74) is 4.56. The number of anilines is 1. The summed E-state index contributed by atoms with van der Waals surface area (Å²) in [4.78, 5) is 10.1.